The van der Waals surface area contributed by atoms with Crippen molar-refractivity contribution in [3.8, 4) is 0 Å². The van der Waals surface area contributed by atoms with Gasteiger partial charge in [0, 0.05) is 18.9 Å². The molecule has 0 spiro atoms. The molecule has 0 amide bonds. The van der Waals surface area contributed by atoms with Crippen LogP contribution in [0.5, 0.6) is 0 Å². The molecule has 1 aromatic heterocycles. The van der Waals surface area contributed by atoms with E-state index >= 15 is 0 Å². The maximum atomic E-state index is 10.7. The maximum absolute atomic E-state index is 10.7. The van der Waals surface area contributed by atoms with E-state index in [0.29, 0.717) is 0 Å². The molecule has 1 heterocycles. The first kappa shape index (κ1) is 9.88. The van der Waals surface area contributed by atoms with Crippen LogP contribution in [-0.4, -0.2) is 9.55 Å². The first-order valence-electron chi connectivity index (χ1n) is 3.70. The van der Waals surface area contributed by atoms with E-state index in [1.54, 1.807) is 26.2 Å². The van der Waals surface area contributed by atoms with Gasteiger partial charge >= 0.3 is 5.69 Å². The van der Waals surface area contributed by atoms with E-state index in [4.69, 9.17) is 0 Å². The predicted octanol–water partition coefficient (Wildman–Crippen LogP) is 1.11. The van der Waals surface area contributed by atoms with Crippen molar-refractivity contribution >= 4 is 0 Å². The van der Waals surface area contributed by atoms with Gasteiger partial charge in [-0.05, 0) is 13.0 Å². The van der Waals surface area contributed by atoms with Crippen LogP contribution < -0.4 is 5.69 Å². The second-order valence-electron chi connectivity index (χ2n) is 1.96. The van der Waals surface area contributed by atoms with Gasteiger partial charge in [0.1, 0.15) is 0 Å². The highest BCUT2D eigenvalue weighted by Gasteiger charge is 1.87. The van der Waals surface area contributed by atoms with Crippen molar-refractivity contribution in [2.75, 3.05) is 0 Å². The minimum atomic E-state index is -0.199. The van der Waals surface area contributed by atoms with Gasteiger partial charge < -0.3 is 4.57 Å². The highest BCUT2D eigenvalue weighted by Crippen LogP contribution is 1.82. The molecule has 0 saturated carbocycles. The lowest BCUT2D eigenvalue weighted by atomic mass is 10.5. The number of hydrogen-bond acceptors (Lipinski definition) is 2. The Labute approximate surface area is 66.7 Å². The lowest BCUT2D eigenvalue weighted by Crippen LogP contribution is -2.19. The second-order valence-corrected chi connectivity index (χ2v) is 1.96. The summed E-state index contributed by atoms with van der Waals surface area (Å²) in [7, 11) is 1.68. The van der Waals surface area contributed by atoms with E-state index in [0.717, 1.165) is 5.69 Å². The Hall–Kier alpha value is -1.12. The highest BCUT2D eigenvalue weighted by molar-refractivity contribution is 4.94. The molecule has 1 rings (SSSR count). The Morgan fingerprint density at radius 3 is 2.36 bits per heavy atom. The van der Waals surface area contributed by atoms with Crippen LogP contribution in [0.3, 0.4) is 0 Å². The predicted molar refractivity (Wildman–Crippen MR) is 45.6 cm³/mol. The fraction of sp³-hybridized carbons (Fsp3) is 0.500. The molecule has 0 atom stereocenters. The van der Waals surface area contributed by atoms with Gasteiger partial charge in [-0.15, -0.1) is 0 Å². The largest absolute Gasteiger partial charge is 0.347 e. The molecule has 1 aromatic rings. The summed E-state index contributed by atoms with van der Waals surface area (Å²) in [5.74, 6) is 0. The molecule has 3 nitrogen and oxygen atoms in total. The fourth-order valence-corrected chi connectivity index (χ4v) is 0.550. The first-order chi connectivity index (χ1) is 5.20. The Morgan fingerprint density at radius 1 is 1.45 bits per heavy atom. The molecule has 0 aliphatic rings. The molecule has 0 bridgehead atoms. The molecule has 0 aliphatic heterocycles. The van der Waals surface area contributed by atoms with Crippen molar-refractivity contribution in [1.82, 2.24) is 9.55 Å². The second kappa shape index (κ2) is 4.66. The summed E-state index contributed by atoms with van der Waals surface area (Å²) >= 11 is 0. The number of aromatic nitrogens is 2. The van der Waals surface area contributed by atoms with Crippen LogP contribution >= 0.6 is 0 Å². The zero-order chi connectivity index (χ0) is 8.85. The molecule has 11 heavy (non-hydrogen) atoms. The van der Waals surface area contributed by atoms with Crippen molar-refractivity contribution in [2.45, 2.75) is 20.8 Å². The highest BCUT2D eigenvalue weighted by atomic mass is 16.1. The summed E-state index contributed by atoms with van der Waals surface area (Å²) in [6, 6.07) is 1.79. The van der Waals surface area contributed by atoms with Crippen molar-refractivity contribution in [3.05, 3.63) is 28.4 Å². The third-order valence-corrected chi connectivity index (χ3v) is 1.11. The Kier molecular flexibility index (Phi) is 4.18. The average Bonchev–Trinajstić information content (AvgIpc) is 2.02. The molecule has 0 N–H and O–H groups in total. The van der Waals surface area contributed by atoms with E-state index < -0.39 is 0 Å². The first-order valence-corrected chi connectivity index (χ1v) is 3.70. The zero-order valence-electron chi connectivity index (χ0n) is 7.46. The number of nitrogens with zero attached hydrogens (tertiary/aromatic N) is 2. The molecular formula is C8H14N2O. The van der Waals surface area contributed by atoms with Crippen LogP contribution in [0.2, 0.25) is 0 Å². The summed E-state index contributed by atoms with van der Waals surface area (Å²) in [6.07, 6.45) is 1.70. The molecule has 0 radical (unpaired) electrons. The van der Waals surface area contributed by atoms with Crippen LogP contribution in [0, 0.1) is 6.92 Å². The van der Waals surface area contributed by atoms with Crippen LogP contribution in [-0.2, 0) is 7.05 Å². The van der Waals surface area contributed by atoms with Crippen molar-refractivity contribution in [3.63, 3.8) is 0 Å². The number of rotatable bonds is 0. The average molecular weight is 154 g/mol. The molecule has 0 unspecified atom stereocenters. The Bertz CT molecular complexity index is 265. The SMILES string of the molecule is CC.Cc1ccn(C)c(=O)n1. The maximum Gasteiger partial charge on any atom is 0.347 e. The third kappa shape index (κ3) is 2.98. The van der Waals surface area contributed by atoms with Gasteiger partial charge in [0.25, 0.3) is 0 Å². The van der Waals surface area contributed by atoms with Crippen LogP contribution in [0.1, 0.15) is 19.5 Å². The van der Waals surface area contributed by atoms with Gasteiger partial charge in [-0.3, -0.25) is 0 Å². The lowest BCUT2D eigenvalue weighted by Gasteiger charge is -1.92. The van der Waals surface area contributed by atoms with E-state index in [1.165, 1.54) is 4.57 Å². The van der Waals surface area contributed by atoms with E-state index in [9.17, 15) is 4.79 Å². The van der Waals surface area contributed by atoms with Crippen molar-refractivity contribution in [1.29, 1.82) is 0 Å². The van der Waals surface area contributed by atoms with Gasteiger partial charge in [0.2, 0.25) is 0 Å². The molecule has 0 saturated heterocycles. The summed E-state index contributed by atoms with van der Waals surface area (Å²) in [6.45, 7) is 5.79. The van der Waals surface area contributed by atoms with Gasteiger partial charge in [-0.1, -0.05) is 13.8 Å². The molecule has 0 fully saturated rings. The quantitative estimate of drug-likeness (QED) is 0.561. The van der Waals surface area contributed by atoms with Crippen LogP contribution in [0.15, 0.2) is 17.1 Å². The molecule has 62 valence electrons. The Morgan fingerprint density at radius 2 is 2.00 bits per heavy atom. The van der Waals surface area contributed by atoms with Crippen molar-refractivity contribution < 1.29 is 0 Å². The standard InChI is InChI=1S/C6H8N2O.C2H6/c1-5-3-4-8(2)6(9)7-5;1-2/h3-4H,1-2H3;1-2H3. The lowest BCUT2D eigenvalue weighted by molar-refractivity contribution is 0.799. The monoisotopic (exact) mass is 154 g/mol. The minimum Gasteiger partial charge on any atom is -0.302 e. The topological polar surface area (TPSA) is 34.9 Å². The molecule has 0 aromatic carbocycles. The Balaban J connectivity index is 0.000000461. The molecule has 0 aliphatic carbocycles. The van der Waals surface area contributed by atoms with Gasteiger partial charge in [0.15, 0.2) is 0 Å². The minimum absolute atomic E-state index is 0.199. The fourth-order valence-electron chi connectivity index (χ4n) is 0.550. The third-order valence-electron chi connectivity index (χ3n) is 1.11. The van der Waals surface area contributed by atoms with E-state index in [1.807, 2.05) is 13.8 Å². The number of aryl methyl sites for hydroxylation is 2. The normalized spacial score (nSPS) is 8.36. The van der Waals surface area contributed by atoms with Gasteiger partial charge in [0.05, 0.1) is 0 Å². The summed E-state index contributed by atoms with van der Waals surface area (Å²) in [4.78, 5) is 14.4. The smallest absolute Gasteiger partial charge is 0.302 e. The van der Waals surface area contributed by atoms with Crippen LogP contribution in [0.4, 0.5) is 0 Å². The summed E-state index contributed by atoms with van der Waals surface area (Å²) in [5, 5.41) is 0. The molecular weight excluding hydrogens is 140 g/mol. The zero-order valence-corrected chi connectivity index (χ0v) is 7.46. The van der Waals surface area contributed by atoms with Crippen molar-refractivity contribution in [2.24, 2.45) is 7.05 Å². The van der Waals surface area contributed by atoms with Gasteiger partial charge in [-0.25, -0.2) is 4.79 Å². The number of hydrogen-bond donors (Lipinski definition) is 0. The van der Waals surface area contributed by atoms with Crippen LogP contribution in [0.25, 0.3) is 0 Å². The summed E-state index contributed by atoms with van der Waals surface area (Å²) in [5.41, 5.74) is 0.563. The summed E-state index contributed by atoms with van der Waals surface area (Å²) < 4.78 is 1.44. The van der Waals surface area contributed by atoms with Gasteiger partial charge in [-0.2, -0.15) is 4.98 Å². The van der Waals surface area contributed by atoms with E-state index in [2.05, 4.69) is 4.98 Å². The van der Waals surface area contributed by atoms with E-state index in [-0.39, 0.29) is 5.69 Å². The molecule has 3 heteroatoms.